The lowest BCUT2D eigenvalue weighted by Gasteiger charge is -2.11. The van der Waals surface area contributed by atoms with Gasteiger partial charge in [-0.25, -0.2) is 17.7 Å². The van der Waals surface area contributed by atoms with Gasteiger partial charge in [-0.2, -0.15) is 0 Å². The molecule has 0 saturated carbocycles. The second-order valence-electron chi connectivity index (χ2n) is 4.30. The Morgan fingerprint density at radius 2 is 2.05 bits per heavy atom. The normalized spacial score (nSPS) is 11.4. The summed E-state index contributed by atoms with van der Waals surface area (Å²) in [6.07, 6.45) is 1.64. The van der Waals surface area contributed by atoms with Gasteiger partial charge in [0, 0.05) is 39.8 Å². The van der Waals surface area contributed by atoms with Crippen molar-refractivity contribution in [2.24, 2.45) is 0 Å². The Balaban J connectivity index is 2.58. The van der Waals surface area contributed by atoms with Crippen LogP contribution in [0.5, 0.6) is 0 Å². The molecular formula is C12H20N4O3S. The van der Waals surface area contributed by atoms with E-state index >= 15 is 0 Å². The number of amides is 1. The Hall–Kier alpha value is -1.67. The number of pyridine rings is 1. The number of anilines is 1. The van der Waals surface area contributed by atoms with Gasteiger partial charge in [-0.1, -0.05) is 0 Å². The summed E-state index contributed by atoms with van der Waals surface area (Å²) in [5.74, 6) is 0.499. The van der Waals surface area contributed by atoms with Crippen molar-refractivity contribution >= 4 is 21.7 Å². The molecule has 1 amide bonds. The van der Waals surface area contributed by atoms with Crippen LogP contribution in [0.25, 0.3) is 0 Å². The zero-order valence-corrected chi connectivity index (χ0v) is 12.7. The van der Waals surface area contributed by atoms with Crippen molar-refractivity contribution in [3.8, 4) is 0 Å². The SMILES string of the molecule is CCNC(=O)CCNc1ccc(S(=O)(=O)N(C)C)cn1. The van der Waals surface area contributed by atoms with Crippen LogP contribution in [0.1, 0.15) is 13.3 Å². The maximum Gasteiger partial charge on any atom is 0.244 e. The molecule has 112 valence electrons. The first kappa shape index (κ1) is 16.4. The number of aromatic nitrogens is 1. The van der Waals surface area contributed by atoms with Gasteiger partial charge in [0.15, 0.2) is 0 Å². The summed E-state index contributed by atoms with van der Waals surface area (Å²) in [6, 6.07) is 3.06. The lowest BCUT2D eigenvalue weighted by molar-refractivity contribution is -0.120. The molecule has 0 aliphatic rings. The highest BCUT2D eigenvalue weighted by atomic mass is 32.2. The summed E-state index contributed by atoms with van der Waals surface area (Å²) in [6.45, 7) is 2.91. The molecule has 7 nitrogen and oxygen atoms in total. The second kappa shape index (κ2) is 7.20. The van der Waals surface area contributed by atoms with Gasteiger partial charge in [-0.05, 0) is 19.1 Å². The highest BCUT2D eigenvalue weighted by molar-refractivity contribution is 7.89. The number of hydrogen-bond donors (Lipinski definition) is 2. The molecule has 0 aromatic carbocycles. The van der Waals surface area contributed by atoms with Crippen molar-refractivity contribution in [3.05, 3.63) is 18.3 Å². The molecule has 0 unspecified atom stereocenters. The van der Waals surface area contributed by atoms with E-state index in [1.807, 2.05) is 6.92 Å². The third kappa shape index (κ3) is 4.46. The van der Waals surface area contributed by atoms with Crippen LogP contribution < -0.4 is 10.6 Å². The zero-order valence-electron chi connectivity index (χ0n) is 11.9. The lowest BCUT2D eigenvalue weighted by atomic mass is 10.4. The Bertz CT molecular complexity index is 540. The topological polar surface area (TPSA) is 91.4 Å². The van der Waals surface area contributed by atoms with E-state index in [0.717, 1.165) is 4.31 Å². The maximum atomic E-state index is 11.8. The molecule has 0 fully saturated rings. The molecule has 0 aliphatic heterocycles. The average Bonchev–Trinajstić information content (AvgIpc) is 2.39. The molecular weight excluding hydrogens is 280 g/mol. The Labute approximate surface area is 119 Å². The molecule has 2 N–H and O–H groups in total. The molecule has 0 atom stereocenters. The van der Waals surface area contributed by atoms with E-state index in [1.54, 1.807) is 6.07 Å². The number of nitrogens with zero attached hydrogens (tertiary/aromatic N) is 2. The minimum absolute atomic E-state index is 0.0354. The fourth-order valence-corrected chi connectivity index (χ4v) is 2.29. The summed E-state index contributed by atoms with van der Waals surface area (Å²) >= 11 is 0. The quantitative estimate of drug-likeness (QED) is 0.754. The predicted molar refractivity (Wildman–Crippen MR) is 76.9 cm³/mol. The summed E-state index contributed by atoms with van der Waals surface area (Å²) < 4.78 is 24.8. The van der Waals surface area contributed by atoms with Crippen LogP contribution >= 0.6 is 0 Å². The first-order valence-electron chi connectivity index (χ1n) is 6.27. The van der Waals surface area contributed by atoms with Gasteiger partial charge in [0.2, 0.25) is 15.9 Å². The Morgan fingerprint density at radius 3 is 2.55 bits per heavy atom. The Kier molecular flexibility index (Phi) is 5.90. The van der Waals surface area contributed by atoms with Gasteiger partial charge in [-0.15, -0.1) is 0 Å². The molecule has 0 saturated heterocycles. The molecule has 0 spiro atoms. The van der Waals surface area contributed by atoms with Crippen LogP contribution in [0.15, 0.2) is 23.2 Å². The molecule has 8 heteroatoms. The average molecular weight is 300 g/mol. The van der Waals surface area contributed by atoms with Crippen LogP contribution in [-0.2, 0) is 14.8 Å². The van der Waals surface area contributed by atoms with Crippen LogP contribution in [0, 0.1) is 0 Å². The molecule has 1 aromatic rings. The highest BCUT2D eigenvalue weighted by Gasteiger charge is 2.17. The van der Waals surface area contributed by atoms with Crippen molar-refractivity contribution < 1.29 is 13.2 Å². The summed E-state index contributed by atoms with van der Waals surface area (Å²) in [5.41, 5.74) is 0. The summed E-state index contributed by atoms with van der Waals surface area (Å²) in [7, 11) is -0.524. The third-order valence-corrected chi connectivity index (χ3v) is 4.35. The van der Waals surface area contributed by atoms with Crippen molar-refractivity contribution in [1.82, 2.24) is 14.6 Å². The number of carbonyl (C=O) groups excluding carboxylic acids is 1. The first-order chi connectivity index (χ1) is 9.37. The minimum atomic E-state index is -3.46. The summed E-state index contributed by atoms with van der Waals surface area (Å²) in [4.78, 5) is 15.4. The van der Waals surface area contributed by atoms with E-state index in [2.05, 4.69) is 15.6 Å². The lowest BCUT2D eigenvalue weighted by Crippen LogP contribution is -2.25. The van der Waals surface area contributed by atoms with E-state index in [1.165, 1.54) is 26.4 Å². The fraction of sp³-hybridized carbons (Fsp3) is 0.500. The smallest absolute Gasteiger partial charge is 0.244 e. The number of rotatable bonds is 7. The number of carbonyl (C=O) groups is 1. The van der Waals surface area contributed by atoms with E-state index in [4.69, 9.17) is 0 Å². The number of nitrogens with one attached hydrogen (secondary N) is 2. The van der Waals surface area contributed by atoms with Gasteiger partial charge in [0.05, 0.1) is 0 Å². The predicted octanol–water partition coefficient (Wildman–Crippen LogP) is 0.270. The van der Waals surface area contributed by atoms with Crippen molar-refractivity contribution in [2.75, 3.05) is 32.5 Å². The van der Waals surface area contributed by atoms with E-state index in [0.29, 0.717) is 25.3 Å². The Morgan fingerprint density at radius 1 is 1.35 bits per heavy atom. The molecule has 20 heavy (non-hydrogen) atoms. The van der Waals surface area contributed by atoms with Crippen molar-refractivity contribution in [1.29, 1.82) is 0 Å². The van der Waals surface area contributed by atoms with Crippen LogP contribution in [0.2, 0.25) is 0 Å². The standard InChI is InChI=1S/C12H20N4O3S/c1-4-13-12(17)7-8-14-11-6-5-10(9-15-11)20(18,19)16(2)3/h5-6,9H,4,7-8H2,1-3H3,(H,13,17)(H,14,15). The van der Waals surface area contributed by atoms with E-state index in [9.17, 15) is 13.2 Å². The van der Waals surface area contributed by atoms with E-state index < -0.39 is 10.0 Å². The third-order valence-electron chi connectivity index (χ3n) is 2.55. The van der Waals surface area contributed by atoms with Crippen molar-refractivity contribution in [2.45, 2.75) is 18.2 Å². The number of sulfonamides is 1. The fourth-order valence-electron chi connectivity index (χ4n) is 1.44. The molecule has 1 rings (SSSR count). The molecule has 1 aromatic heterocycles. The van der Waals surface area contributed by atoms with Crippen molar-refractivity contribution in [3.63, 3.8) is 0 Å². The van der Waals surface area contributed by atoms with Gasteiger partial charge < -0.3 is 10.6 Å². The van der Waals surface area contributed by atoms with Crippen LogP contribution in [0.4, 0.5) is 5.82 Å². The second-order valence-corrected chi connectivity index (χ2v) is 6.45. The van der Waals surface area contributed by atoms with Gasteiger partial charge in [0.25, 0.3) is 0 Å². The molecule has 0 aliphatic carbocycles. The van der Waals surface area contributed by atoms with Gasteiger partial charge >= 0.3 is 0 Å². The molecule has 1 heterocycles. The summed E-state index contributed by atoms with van der Waals surface area (Å²) in [5, 5.41) is 5.65. The van der Waals surface area contributed by atoms with Crippen LogP contribution in [-0.4, -0.2) is 50.8 Å². The van der Waals surface area contributed by atoms with Gasteiger partial charge in [-0.3, -0.25) is 4.79 Å². The largest absolute Gasteiger partial charge is 0.370 e. The van der Waals surface area contributed by atoms with E-state index in [-0.39, 0.29) is 10.8 Å². The maximum absolute atomic E-state index is 11.8. The van der Waals surface area contributed by atoms with Gasteiger partial charge in [0.1, 0.15) is 10.7 Å². The first-order valence-corrected chi connectivity index (χ1v) is 7.71. The molecule has 0 radical (unpaired) electrons. The van der Waals surface area contributed by atoms with Crippen LogP contribution in [0.3, 0.4) is 0 Å². The minimum Gasteiger partial charge on any atom is -0.370 e. The number of hydrogen-bond acceptors (Lipinski definition) is 5. The molecule has 0 bridgehead atoms. The monoisotopic (exact) mass is 300 g/mol. The highest BCUT2D eigenvalue weighted by Crippen LogP contribution is 2.13. The zero-order chi connectivity index (χ0) is 15.2.